The molecule has 5 N–H and O–H groups in total. The number of rotatable bonds is 4. The number of primary amides is 1. The normalized spacial score (nSPS) is 10.2. The fourth-order valence-corrected chi connectivity index (χ4v) is 0.812. The predicted octanol–water partition coefficient (Wildman–Crippen LogP) is 0.401. The molecule has 0 aliphatic carbocycles. The van der Waals surface area contributed by atoms with E-state index in [1.165, 1.54) is 0 Å². The van der Waals surface area contributed by atoms with Crippen LogP contribution in [0.5, 0.6) is 0 Å². The SMILES string of the molecule is CCCC(C)(CO)CO.NC(=O)O. The maximum Gasteiger partial charge on any atom is 0.402 e. The summed E-state index contributed by atoms with van der Waals surface area (Å²) in [5.74, 6) is 0. The monoisotopic (exact) mass is 193 g/mol. The molecule has 0 spiro atoms. The van der Waals surface area contributed by atoms with E-state index < -0.39 is 6.09 Å². The van der Waals surface area contributed by atoms with Gasteiger partial charge in [-0.15, -0.1) is 0 Å². The fraction of sp³-hybridized carbons (Fsp3) is 0.875. The Morgan fingerprint density at radius 1 is 1.38 bits per heavy atom. The molecule has 0 radical (unpaired) electrons. The molecule has 0 aliphatic heterocycles. The second-order valence-electron chi connectivity index (χ2n) is 3.22. The van der Waals surface area contributed by atoms with Gasteiger partial charge in [-0.2, -0.15) is 0 Å². The molecule has 0 atom stereocenters. The molecule has 0 fully saturated rings. The van der Waals surface area contributed by atoms with E-state index in [1.807, 2.05) is 13.8 Å². The van der Waals surface area contributed by atoms with Crippen molar-refractivity contribution < 1.29 is 20.1 Å². The highest BCUT2D eigenvalue weighted by Crippen LogP contribution is 2.20. The quantitative estimate of drug-likeness (QED) is 0.518. The first-order valence-corrected chi connectivity index (χ1v) is 4.12. The molecule has 0 saturated carbocycles. The third-order valence-electron chi connectivity index (χ3n) is 1.62. The van der Waals surface area contributed by atoms with Crippen LogP contribution in [0.2, 0.25) is 0 Å². The van der Waals surface area contributed by atoms with Gasteiger partial charge in [0.2, 0.25) is 0 Å². The van der Waals surface area contributed by atoms with E-state index in [9.17, 15) is 0 Å². The predicted molar refractivity (Wildman–Crippen MR) is 49.4 cm³/mol. The first kappa shape index (κ1) is 14.7. The summed E-state index contributed by atoms with van der Waals surface area (Å²) in [7, 11) is 0. The highest BCUT2D eigenvalue weighted by Gasteiger charge is 2.20. The molecule has 80 valence electrons. The van der Waals surface area contributed by atoms with Gasteiger partial charge in [-0.3, -0.25) is 0 Å². The van der Waals surface area contributed by atoms with E-state index in [1.54, 1.807) is 0 Å². The van der Waals surface area contributed by atoms with Crippen molar-refractivity contribution >= 4 is 6.09 Å². The largest absolute Gasteiger partial charge is 0.465 e. The summed E-state index contributed by atoms with van der Waals surface area (Å²) in [6, 6.07) is 0. The maximum absolute atomic E-state index is 8.78. The van der Waals surface area contributed by atoms with E-state index >= 15 is 0 Å². The first-order chi connectivity index (χ1) is 5.91. The van der Waals surface area contributed by atoms with Crippen molar-refractivity contribution in [2.24, 2.45) is 11.1 Å². The number of aliphatic hydroxyl groups excluding tert-OH is 2. The average molecular weight is 193 g/mol. The van der Waals surface area contributed by atoms with Gasteiger partial charge in [0.05, 0.1) is 13.2 Å². The number of carboxylic acid groups (broad SMARTS) is 1. The molecule has 0 rings (SSSR count). The Bertz CT molecular complexity index is 130. The standard InChI is InChI=1S/C7H16O2.CH3NO2/c1-3-4-7(2,5-8)6-9;2-1(3)4/h8-9H,3-6H2,1-2H3;2H2,(H,3,4). The van der Waals surface area contributed by atoms with Crippen molar-refractivity contribution in [1.82, 2.24) is 0 Å². The second-order valence-corrected chi connectivity index (χ2v) is 3.22. The average Bonchev–Trinajstić information content (AvgIpc) is 2.04. The molecule has 0 aromatic carbocycles. The molecule has 0 aromatic heterocycles. The lowest BCUT2D eigenvalue weighted by atomic mass is 9.88. The second kappa shape index (κ2) is 7.82. The van der Waals surface area contributed by atoms with Crippen LogP contribution in [-0.4, -0.2) is 34.6 Å². The zero-order valence-electron chi connectivity index (χ0n) is 8.16. The van der Waals surface area contributed by atoms with Gasteiger partial charge in [-0.1, -0.05) is 20.3 Å². The lowest BCUT2D eigenvalue weighted by Gasteiger charge is -2.23. The van der Waals surface area contributed by atoms with Gasteiger partial charge in [0, 0.05) is 5.41 Å². The third kappa shape index (κ3) is 11.2. The van der Waals surface area contributed by atoms with Crippen LogP contribution in [0.25, 0.3) is 0 Å². The summed E-state index contributed by atoms with van der Waals surface area (Å²) >= 11 is 0. The van der Waals surface area contributed by atoms with Gasteiger partial charge in [0.25, 0.3) is 0 Å². The molecule has 0 aliphatic rings. The topological polar surface area (TPSA) is 104 Å². The van der Waals surface area contributed by atoms with Crippen molar-refractivity contribution in [3.63, 3.8) is 0 Å². The van der Waals surface area contributed by atoms with E-state index in [0.717, 1.165) is 12.8 Å². The lowest BCUT2D eigenvalue weighted by molar-refractivity contribution is 0.0622. The molecular weight excluding hydrogens is 174 g/mol. The maximum atomic E-state index is 8.78. The third-order valence-corrected chi connectivity index (χ3v) is 1.62. The summed E-state index contributed by atoms with van der Waals surface area (Å²) in [5.41, 5.74) is 3.77. The van der Waals surface area contributed by atoms with Crippen molar-refractivity contribution in [2.75, 3.05) is 13.2 Å². The highest BCUT2D eigenvalue weighted by atomic mass is 16.4. The van der Waals surface area contributed by atoms with Gasteiger partial charge >= 0.3 is 6.09 Å². The van der Waals surface area contributed by atoms with E-state index in [2.05, 4.69) is 5.73 Å². The van der Waals surface area contributed by atoms with Gasteiger partial charge in [0.15, 0.2) is 0 Å². The molecule has 5 heteroatoms. The van der Waals surface area contributed by atoms with Crippen molar-refractivity contribution in [2.45, 2.75) is 26.7 Å². The van der Waals surface area contributed by atoms with Crippen LogP contribution in [-0.2, 0) is 0 Å². The van der Waals surface area contributed by atoms with Gasteiger partial charge in [0.1, 0.15) is 0 Å². The first-order valence-electron chi connectivity index (χ1n) is 4.12. The Kier molecular flexibility index (Phi) is 8.84. The summed E-state index contributed by atoms with van der Waals surface area (Å²) in [5, 5.41) is 24.7. The molecule has 0 heterocycles. The zero-order valence-corrected chi connectivity index (χ0v) is 8.16. The summed E-state index contributed by atoms with van der Waals surface area (Å²) in [6.45, 7) is 4.09. The minimum absolute atomic E-state index is 0.0807. The van der Waals surface area contributed by atoms with Crippen LogP contribution in [0, 0.1) is 5.41 Å². The molecule has 13 heavy (non-hydrogen) atoms. The number of hydrogen-bond donors (Lipinski definition) is 4. The lowest BCUT2D eigenvalue weighted by Crippen LogP contribution is -2.25. The molecule has 5 nitrogen and oxygen atoms in total. The Labute approximate surface area is 78.2 Å². The molecule has 0 unspecified atom stereocenters. The Hall–Kier alpha value is -0.810. The van der Waals surface area contributed by atoms with Gasteiger partial charge in [-0.25, -0.2) is 4.79 Å². The van der Waals surface area contributed by atoms with Gasteiger partial charge in [-0.05, 0) is 6.42 Å². The summed E-state index contributed by atoms with van der Waals surface area (Å²) in [6.07, 6.45) is 0.567. The van der Waals surface area contributed by atoms with Crippen LogP contribution in [0.15, 0.2) is 0 Å². The zero-order chi connectivity index (χ0) is 10.9. The molecule has 0 aromatic rings. The van der Waals surface area contributed by atoms with Crippen LogP contribution >= 0.6 is 0 Å². The number of hydrogen-bond acceptors (Lipinski definition) is 3. The van der Waals surface area contributed by atoms with E-state index in [-0.39, 0.29) is 18.6 Å². The Morgan fingerprint density at radius 2 is 1.69 bits per heavy atom. The summed E-state index contributed by atoms with van der Waals surface area (Å²) in [4.78, 5) is 8.78. The molecular formula is C8H19NO4. The minimum atomic E-state index is -1.33. The van der Waals surface area contributed by atoms with Crippen LogP contribution in [0.3, 0.4) is 0 Å². The van der Waals surface area contributed by atoms with Crippen LogP contribution < -0.4 is 5.73 Å². The van der Waals surface area contributed by atoms with Crippen molar-refractivity contribution in [1.29, 1.82) is 0 Å². The Balaban J connectivity index is 0. The molecule has 1 amide bonds. The Morgan fingerprint density at radius 3 is 1.77 bits per heavy atom. The number of amides is 1. The van der Waals surface area contributed by atoms with E-state index in [0.29, 0.717) is 0 Å². The van der Waals surface area contributed by atoms with Crippen molar-refractivity contribution in [3.05, 3.63) is 0 Å². The molecule has 0 saturated heterocycles. The van der Waals surface area contributed by atoms with Crippen LogP contribution in [0.1, 0.15) is 26.7 Å². The summed E-state index contributed by atoms with van der Waals surface area (Å²) < 4.78 is 0. The van der Waals surface area contributed by atoms with Crippen molar-refractivity contribution in [3.8, 4) is 0 Å². The number of aliphatic hydroxyl groups is 2. The van der Waals surface area contributed by atoms with Gasteiger partial charge < -0.3 is 21.1 Å². The number of carbonyl (C=O) groups is 1. The fourth-order valence-electron chi connectivity index (χ4n) is 0.812. The molecule has 0 bridgehead atoms. The number of nitrogens with two attached hydrogens (primary N) is 1. The van der Waals surface area contributed by atoms with E-state index in [4.69, 9.17) is 20.1 Å². The van der Waals surface area contributed by atoms with Crippen LogP contribution in [0.4, 0.5) is 4.79 Å². The minimum Gasteiger partial charge on any atom is -0.465 e. The smallest absolute Gasteiger partial charge is 0.402 e. The highest BCUT2D eigenvalue weighted by molar-refractivity contribution is 5.61.